The molecule has 1 saturated heterocycles. The second-order valence-electron chi connectivity index (χ2n) is 4.74. The van der Waals surface area contributed by atoms with Crippen LogP contribution in [0.1, 0.15) is 29.5 Å². The first kappa shape index (κ1) is 13.1. The van der Waals surface area contributed by atoms with Gasteiger partial charge in [0.1, 0.15) is 11.3 Å². The number of nitrogens with zero attached hydrogens (tertiary/aromatic N) is 1. The zero-order valence-electron chi connectivity index (χ0n) is 10.7. The van der Waals surface area contributed by atoms with Crippen molar-refractivity contribution in [2.24, 2.45) is 5.92 Å². The minimum Gasteiger partial charge on any atom is -0.478 e. The van der Waals surface area contributed by atoms with Gasteiger partial charge in [-0.25, -0.2) is 4.79 Å². The number of hydrogen-bond donors (Lipinski definition) is 2. The van der Waals surface area contributed by atoms with Crippen molar-refractivity contribution >= 4 is 5.97 Å². The first-order valence-electron chi connectivity index (χ1n) is 6.43. The highest BCUT2D eigenvalue weighted by Gasteiger charge is 2.21. The summed E-state index contributed by atoms with van der Waals surface area (Å²) in [6, 6.07) is 1.49. The van der Waals surface area contributed by atoms with Crippen LogP contribution in [-0.2, 0) is 6.54 Å². The predicted molar refractivity (Wildman–Crippen MR) is 67.6 cm³/mol. The van der Waals surface area contributed by atoms with Gasteiger partial charge >= 0.3 is 5.97 Å². The Balaban J connectivity index is 1.75. The van der Waals surface area contributed by atoms with Crippen LogP contribution in [0.4, 0.5) is 0 Å². The first-order chi connectivity index (χ1) is 8.70. The van der Waals surface area contributed by atoms with Gasteiger partial charge in [-0.15, -0.1) is 0 Å². The van der Waals surface area contributed by atoms with Crippen LogP contribution in [-0.4, -0.2) is 42.2 Å². The lowest BCUT2D eigenvalue weighted by Gasteiger charge is -2.13. The number of aromatic carboxylic acids is 1. The molecule has 0 radical (unpaired) electrons. The molecule has 1 aromatic heterocycles. The van der Waals surface area contributed by atoms with E-state index in [-0.39, 0.29) is 5.56 Å². The number of nitrogens with one attached hydrogen (secondary N) is 1. The van der Waals surface area contributed by atoms with E-state index in [9.17, 15) is 4.79 Å². The molecule has 0 saturated carbocycles. The molecule has 0 aliphatic carbocycles. The molecule has 2 N–H and O–H groups in total. The predicted octanol–water partition coefficient (Wildman–Crippen LogP) is 1.41. The van der Waals surface area contributed by atoms with Gasteiger partial charge in [0, 0.05) is 6.54 Å². The average molecular weight is 252 g/mol. The fourth-order valence-electron chi connectivity index (χ4n) is 2.42. The molecule has 0 bridgehead atoms. The van der Waals surface area contributed by atoms with Crippen molar-refractivity contribution in [3.8, 4) is 0 Å². The third-order valence-electron chi connectivity index (χ3n) is 3.51. The summed E-state index contributed by atoms with van der Waals surface area (Å²) in [5, 5.41) is 12.2. The van der Waals surface area contributed by atoms with Crippen LogP contribution >= 0.6 is 0 Å². The molecule has 1 aliphatic rings. The number of furan rings is 1. The lowest BCUT2D eigenvalue weighted by Crippen LogP contribution is -2.26. The van der Waals surface area contributed by atoms with E-state index >= 15 is 0 Å². The summed E-state index contributed by atoms with van der Waals surface area (Å²) in [4.78, 5) is 13.3. The van der Waals surface area contributed by atoms with E-state index in [1.54, 1.807) is 0 Å². The Morgan fingerprint density at radius 2 is 2.50 bits per heavy atom. The fraction of sp³-hybridized carbons (Fsp3) is 0.615. The summed E-state index contributed by atoms with van der Waals surface area (Å²) >= 11 is 0. The summed E-state index contributed by atoms with van der Waals surface area (Å²) in [5.41, 5.74) is 0.254. The Bertz CT molecular complexity index is 403. The number of carboxylic acids is 1. The van der Waals surface area contributed by atoms with Gasteiger partial charge in [-0.3, -0.25) is 0 Å². The van der Waals surface area contributed by atoms with E-state index in [1.807, 2.05) is 0 Å². The van der Waals surface area contributed by atoms with E-state index < -0.39 is 5.97 Å². The Labute approximate surface area is 107 Å². The Kier molecular flexibility index (Phi) is 4.38. The molecule has 2 rings (SSSR count). The maximum atomic E-state index is 10.9. The molecule has 1 aromatic rings. The van der Waals surface area contributed by atoms with E-state index in [4.69, 9.17) is 9.52 Å². The number of rotatable bonds is 6. The largest absolute Gasteiger partial charge is 0.478 e. The Morgan fingerprint density at radius 3 is 3.17 bits per heavy atom. The number of carboxylic acid groups (broad SMARTS) is 1. The van der Waals surface area contributed by atoms with Crippen LogP contribution in [0.2, 0.25) is 0 Å². The van der Waals surface area contributed by atoms with Crippen molar-refractivity contribution in [3.05, 3.63) is 23.7 Å². The third-order valence-corrected chi connectivity index (χ3v) is 3.51. The second kappa shape index (κ2) is 6.02. The van der Waals surface area contributed by atoms with Crippen LogP contribution in [0, 0.1) is 5.92 Å². The molecular weight excluding hydrogens is 232 g/mol. The van der Waals surface area contributed by atoms with Gasteiger partial charge in [0.05, 0.1) is 12.8 Å². The van der Waals surface area contributed by atoms with Crippen molar-refractivity contribution in [3.63, 3.8) is 0 Å². The summed E-state index contributed by atoms with van der Waals surface area (Å²) in [6.07, 6.45) is 2.64. The lowest BCUT2D eigenvalue weighted by atomic mass is 10.1. The Morgan fingerprint density at radius 1 is 1.67 bits per heavy atom. The summed E-state index contributed by atoms with van der Waals surface area (Å²) < 4.78 is 5.18. The quantitative estimate of drug-likeness (QED) is 0.801. The molecule has 18 heavy (non-hydrogen) atoms. The fourth-order valence-corrected chi connectivity index (χ4v) is 2.42. The molecule has 2 heterocycles. The molecule has 0 spiro atoms. The molecule has 1 fully saturated rings. The number of likely N-dealkylation sites (tertiary alicyclic amines) is 1. The van der Waals surface area contributed by atoms with Crippen molar-refractivity contribution in [2.75, 3.05) is 26.2 Å². The molecule has 1 aliphatic heterocycles. The van der Waals surface area contributed by atoms with Gasteiger partial charge in [-0.1, -0.05) is 6.92 Å². The molecule has 1 atom stereocenters. The minimum atomic E-state index is -0.932. The van der Waals surface area contributed by atoms with Crippen LogP contribution < -0.4 is 5.32 Å². The minimum absolute atomic E-state index is 0.254. The zero-order valence-corrected chi connectivity index (χ0v) is 10.7. The highest BCUT2D eigenvalue weighted by molar-refractivity contribution is 5.88. The summed E-state index contributed by atoms with van der Waals surface area (Å²) in [7, 11) is 0. The first-order valence-corrected chi connectivity index (χ1v) is 6.43. The smallest absolute Gasteiger partial charge is 0.339 e. The van der Waals surface area contributed by atoms with Crippen LogP contribution in [0.25, 0.3) is 0 Å². The summed E-state index contributed by atoms with van der Waals surface area (Å²) in [5.74, 6) is 0.236. The van der Waals surface area contributed by atoms with Crippen molar-refractivity contribution in [1.29, 1.82) is 0 Å². The zero-order chi connectivity index (χ0) is 13.0. The maximum Gasteiger partial charge on any atom is 0.339 e. The topological polar surface area (TPSA) is 65.7 Å². The summed E-state index contributed by atoms with van der Waals surface area (Å²) in [6.45, 7) is 6.99. The molecule has 5 heteroatoms. The van der Waals surface area contributed by atoms with Crippen LogP contribution in [0.5, 0.6) is 0 Å². The number of hydrogen-bond acceptors (Lipinski definition) is 4. The normalized spacial score (nSPS) is 20.4. The van der Waals surface area contributed by atoms with E-state index in [1.165, 1.54) is 25.3 Å². The molecule has 0 amide bonds. The highest BCUT2D eigenvalue weighted by Crippen LogP contribution is 2.15. The monoisotopic (exact) mass is 252 g/mol. The lowest BCUT2D eigenvalue weighted by molar-refractivity contribution is 0.0694. The van der Waals surface area contributed by atoms with E-state index in [2.05, 4.69) is 17.1 Å². The van der Waals surface area contributed by atoms with Gasteiger partial charge in [-0.2, -0.15) is 0 Å². The highest BCUT2D eigenvalue weighted by atomic mass is 16.4. The van der Waals surface area contributed by atoms with E-state index in [0.29, 0.717) is 18.2 Å². The third kappa shape index (κ3) is 3.11. The van der Waals surface area contributed by atoms with Crippen LogP contribution in [0.15, 0.2) is 16.7 Å². The van der Waals surface area contributed by atoms with Crippen molar-refractivity contribution in [2.45, 2.75) is 19.9 Å². The van der Waals surface area contributed by atoms with E-state index in [0.717, 1.165) is 19.6 Å². The van der Waals surface area contributed by atoms with Gasteiger partial charge in [0.2, 0.25) is 0 Å². The second-order valence-corrected chi connectivity index (χ2v) is 4.74. The van der Waals surface area contributed by atoms with Crippen molar-refractivity contribution in [1.82, 2.24) is 10.2 Å². The average Bonchev–Trinajstić information content (AvgIpc) is 2.97. The van der Waals surface area contributed by atoms with Gasteiger partial charge in [0.15, 0.2) is 0 Å². The van der Waals surface area contributed by atoms with Crippen molar-refractivity contribution < 1.29 is 14.3 Å². The Hall–Kier alpha value is -1.33. The molecular formula is C13H20N2O3. The standard InChI is InChI=1S/C13H20N2O3/c1-2-15-5-3-10(9-15)7-14-8-12-11(13(16)17)4-6-18-12/h4,6,10,14H,2-3,5,7-9H2,1H3,(H,16,17). The van der Waals surface area contributed by atoms with Gasteiger partial charge in [-0.05, 0) is 38.0 Å². The maximum absolute atomic E-state index is 10.9. The number of carbonyl (C=O) groups is 1. The van der Waals surface area contributed by atoms with Gasteiger partial charge < -0.3 is 19.7 Å². The SMILES string of the molecule is CCN1CCC(CNCc2occc2C(=O)O)C1. The molecule has 5 nitrogen and oxygen atoms in total. The molecule has 1 unspecified atom stereocenters. The molecule has 100 valence electrons. The van der Waals surface area contributed by atoms with Gasteiger partial charge in [0.25, 0.3) is 0 Å². The van der Waals surface area contributed by atoms with Crippen LogP contribution in [0.3, 0.4) is 0 Å². The molecule has 0 aromatic carbocycles.